The van der Waals surface area contributed by atoms with Gasteiger partial charge in [-0.05, 0) is 30.4 Å². The SMILES string of the molecule is CCOC(=O)c1cc(=C/CO)/c(=C\CO)[nH]1. The second kappa shape index (κ2) is 6.09. The fourth-order valence-electron chi connectivity index (χ4n) is 1.33. The Morgan fingerprint density at radius 1 is 1.44 bits per heavy atom. The number of aliphatic hydroxyl groups excluding tert-OH is 2. The topological polar surface area (TPSA) is 82.6 Å². The van der Waals surface area contributed by atoms with Gasteiger partial charge in [0, 0.05) is 5.35 Å². The zero-order valence-electron chi connectivity index (χ0n) is 9.06. The first-order valence-electron chi connectivity index (χ1n) is 5.01. The van der Waals surface area contributed by atoms with Crippen LogP contribution < -0.4 is 10.6 Å². The van der Waals surface area contributed by atoms with Crippen LogP contribution in [0.3, 0.4) is 0 Å². The minimum absolute atomic E-state index is 0.133. The summed E-state index contributed by atoms with van der Waals surface area (Å²) in [5.41, 5.74) is 0.307. The Balaban J connectivity index is 3.17. The molecular weight excluding hydrogens is 210 g/mol. The minimum Gasteiger partial charge on any atom is -0.461 e. The molecule has 1 aromatic rings. The van der Waals surface area contributed by atoms with E-state index in [4.69, 9.17) is 14.9 Å². The fraction of sp³-hybridized carbons (Fsp3) is 0.364. The summed E-state index contributed by atoms with van der Waals surface area (Å²) < 4.78 is 4.83. The van der Waals surface area contributed by atoms with Crippen molar-refractivity contribution in [1.29, 1.82) is 0 Å². The summed E-state index contributed by atoms with van der Waals surface area (Å²) >= 11 is 0. The third-order valence-electron chi connectivity index (χ3n) is 1.98. The lowest BCUT2D eigenvalue weighted by Gasteiger charge is -1.96. The maximum atomic E-state index is 11.4. The van der Waals surface area contributed by atoms with E-state index in [-0.39, 0.29) is 13.2 Å². The molecule has 0 radical (unpaired) electrons. The Kier molecular flexibility index (Phi) is 4.75. The summed E-state index contributed by atoms with van der Waals surface area (Å²) in [4.78, 5) is 14.2. The summed E-state index contributed by atoms with van der Waals surface area (Å²) in [6.45, 7) is 1.75. The van der Waals surface area contributed by atoms with Crippen LogP contribution in [0.2, 0.25) is 0 Å². The zero-order valence-corrected chi connectivity index (χ0v) is 9.06. The fourth-order valence-corrected chi connectivity index (χ4v) is 1.33. The predicted octanol–water partition coefficient (Wildman–Crippen LogP) is -1.26. The molecule has 1 rings (SSSR count). The lowest BCUT2D eigenvalue weighted by atomic mass is 10.3. The normalized spacial score (nSPS) is 13.2. The van der Waals surface area contributed by atoms with Gasteiger partial charge in [-0.15, -0.1) is 0 Å². The van der Waals surface area contributed by atoms with E-state index in [0.717, 1.165) is 0 Å². The van der Waals surface area contributed by atoms with Crippen LogP contribution in [0.15, 0.2) is 6.07 Å². The number of aromatic nitrogens is 1. The molecule has 1 aromatic heterocycles. The molecule has 88 valence electrons. The molecule has 0 amide bonds. The van der Waals surface area contributed by atoms with Crippen molar-refractivity contribution >= 4 is 18.1 Å². The molecule has 0 saturated heterocycles. The number of aliphatic hydroxyl groups is 2. The monoisotopic (exact) mass is 225 g/mol. The van der Waals surface area contributed by atoms with E-state index in [1.165, 1.54) is 6.08 Å². The summed E-state index contributed by atoms with van der Waals surface area (Å²) in [7, 11) is 0. The molecular formula is C11H15NO4. The van der Waals surface area contributed by atoms with Gasteiger partial charge in [0.25, 0.3) is 0 Å². The van der Waals surface area contributed by atoms with E-state index in [1.807, 2.05) is 0 Å². The van der Waals surface area contributed by atoms with Crippen molar-refractivity contribution in [3.8, 4) is 0 Å². The van der Waals surface area contributed by atoms with Crippen molar-refractivity contribution < 1.29 is 19.7 Å². The summed E-state index contributed by atoms with van der Waals surface area (Å²) in [6, 6.07) is 1.58. The molecule has 3 N–H and O–H groups in total. The number of rotatable bonds is 4. The standard InChI is InChI=1S/C11H15NO4/c1-2-16-11(15)10-7-8(3-5-13)9(12-10)4-6-14/h3-4,7,12-14H,2,5-6H2,1H3/b8-3-,9-4+. The van der Waals surface area contributed by atoms with Crippen LogP contribution in [-0.4, -0.2) is 41.0 Å². The minimum atomic E-state index is -0.451. The summed E-state index contributed by atoms with van der Waals surface area (Å²) in [5, 5.41) is 18.9. The number of hydrogen-bond acceptors (Lipinski definition) is 4. The van der Waals surface area contributed by atoms with E-state index < -0.39 is 5.97 Å². The van der Waals surface area contributed by atoms with Crippen LogP contribution in [0.25, 0.3) is 12.2 Å². The molecule has 1 heterocycles. The smallest absolute Gasteiger partial charge is 0.354 e. The van der Waals surface area contributed by atoms with Crippen molar-refractivity contribution in [2.75, 3.05) is 19.8 Å². The Bertz CT molecular complexity index is 427. The van der Waals surface area contributed by atoms with E-state index in [9.17, 15) is 4.79 Å². The maximum absolute atomic E-state index is 11.4. The summed E-state index contributed by atoms with van der Waals surface area (Å²) in [5.74, 6) is -0.451. The van der Waals surface area contributed by atoms with Crippen LogP contribution in [0.1, 0.15) is 17.4 Å². The molecule has 0 atom stereocenters. The van der Waals surface area contributed by atoms with Gasteiger partial charge in [-0.3, -0.25) is 0 Å². The third-order valence-corrected chi connectivity index (χ3v) is 1.98. The van der Waals surface area contributed by atoms with Crippen LogP contribution in [0, 0.1) is 0 Å². The Hall–Kier alpha value is -1.59. The number of ether oxygens (including phenoxy) is 1. The van der Waals surface area contributed by atoms with Gasteiger partial charge in [0.15, 0.2) is 0 Å². The van der Waals surface area contributed by atoms with Crippen molar-refractivity contribution in [2.45, 2.75) is 6.92 Å². The number of aromatic amines is 1. The maximum Gasteiger partial charge on any atom is 0.354 e. The van der Waals surface area contributed by atoms with E-state index in [2.05, 4.69) is 4.98 Å². The lowest BCUT2D eigenvalue weighted by Crippen LogP contribution is -2.23. The molecule has 0 bridgehead atoms. The van der Waals surface area contributed by atoms with Gasteiger partial charge in [0.2, 0.25) is 0 Å². The highest BCUT2D eigenvalue weighted by Crippen LogP contribution is 1.91. The van der Waals surface area contributed by atoms with E-state index >= 15 is 0 Å². The second-order valence-electron chi connectivity index (χ2n) is 3.05. The van der Waals surface area contributed by atoms with Gasteiger partial charge in [0.05, 0.1) is 19.8 Å². The number of carbonyl (C=O) groups is 1. The second-order valence-corrected chi connectivity index (χ2v) is 3.05. The Morgan fingerprint density at radius 2 is 2.12 bits per heavy atom. The average Bonchev–Trinajstić information content (AvgIpc) is 2.64. The van der Waals surface area contributed by atoms with Gasteiger partial charge < -0.3 is 19.9 Å². The highest BCUT2D eigenvalue weighted by molar-refractivity contribution is 5.87. The molecule has 5 nitrogen and oxygen atoms in total. The molecule has 0 unspecified atom stereocenters. The predicted molar refractivity (Wildman–Crippen MR) is 59.1 cm³/mol. The van der Waals surface area contributed by atoms with Gasteiger partial charge >= 0.3 is 5.97 Å². The number of nitrogens with one attached hydrogen (secondary N) is 1. The van der Waals surface area contributed by atoms with Crippen LogP contribution in [0.4, 0.5) is 0 Å². The van der Waals surface area contributed by atoms with Gasteiger partial charge in [-0.1, -0.05) is 0 Å². The van der Waals surface area contributed by atoms with Gasteiger partial charge in [-0.25, -0.2) is 4.79 Å². The highest BCUT2D eigenvalue weighted by Gasteiger charge is 2.07. The zero-order chi connectivity index (χ0) is 12.0. The van der Waals surface area contributed by atoms with Crippen LogP contribution in [-0.2, 0) is 4.74 Å². The molecule has 0 saturated carbocycles. The molecule has 0 aliphatic rings. The lowest BCUT2D eigenvalue weighted by molar-refractivity contribution is 0.0520. The Morgan fingerprint density at radius 3 is 2.69 bits per heavy atom. The summed E-state index contributed by atoms with van der Waals surface area (Å²) in [6.07, 6.45) is 3.06. The average molecular weight is 225 g/mol. The first kappa shape index (κ1) is 12.5. The Labute approximate surface area is 92.7 Å². The molecule has 0 aromatic carbocycles. The van der Waals surface area contributed by atoms with Gasteiger partial charge in [0.1, 0.15) is 5.69 Å². The largest absolute Gasteiger partial charge is 0.461 e. The van der Waals surface area contributed by atoms with Crippen LogP contribution >= 0.6 is 0 Å². The van der Waals surface area contributed by atoms with Crippen molar-refractivity contribution in [3.63, 3.8) is 0 Å². The third kappa shape index (κ3) is 2.95. The molecule has 0 aliphatic carbocycles. The van der Waals surface area contributed by atoms with Crippen molar-refractivity contribution in [1.82, 2.24) is 4.98 Å². The number of hydrogen-bond donors (Lipinski definition) is 3. The molecule has 0 spiro atoms. The number of carbonyl (C=O) groups excluding carboxylic acids is 1. The molecule has 0 aliphatic heterocycles. The van der Waals surface area contributed by atoms with E-state index in [0.29, 0.717) is 22.9 Å². The van der Waals surface area contributed by atoms with Gasteiger partial charge in [-0.2, -0.15) is 0 Å². The number of esters is 1. The first-order chi connectivity index (χ1) is 7.72. The van der Waals surface area contributed by atoms with E-state index in [1.54, 1.807) is 19.1 Å². The van der Waals surface area contributed by atoms with Crippen LogP contribution in [0.5, 0.6) is 0 Å². The van der Waals surface area contributed by atoms with Crippen molar-refractivity contribution in [3.05, 3.63) is 22.3 Å². The van der Waals surface area contributed by atoms with Crippen molar-refractivity contribution in [2.24, 2.45) is 0 Å². The molecule has 5 heteroatoms. The molecule has 16 heavy (non-hydrogen) atoms. The first-order valence-corrected chi connectivity index (χ1v) is 5.01. The molecule has 0 fully saturated rings. The number of H-pyrrole nitrogens is 1. The highest BCUT2D eigenvalue weighted by atomic mass is 16.5. The quantitative estimate of drug-likeness (QED) is 0.558.